The summed E-state index contributed by atoms with van der Waals surface area (Å²) in [5.41, 5.74) is 3.26. The zero-order chi connectivity index (χ0) is 16.1. The molecule has 0 saturated carbocycles. The van der Waals surface area contributed by atoms with Gasteiger partial charge in [0.2, 0.25) is 5.91 Å². The average Bonchev–Trinajstić information content (AvgIpc) is 2.81. The minimum absolute atomic E-state index is 0.0692. The topological polar surface area (TPSA) is 41.6 Å². The predicted octanol–water partition coefficient (Wildman–Crippen LogP) is 3.42. The van der Waals surface area contributed by atoms with E-state index in [-0.39, 0.29) is 11.8 Å². The quantitative estimate of drug-likeness (QED) is 0.800. The molecule has 1 aliphatic rings. The van der Waals surface area contributed by atoms with Gasteiger partial charge in [-0.2, -0.15) is 0 Å². The fourth-order valence-corrected chi connectivity index (χ4v) is 3.26. The standard InChI is InChI=1S/C18H28N2O2/c1-5-10-20(11-6-2)12-9-14-7-8-15(22-4)17-16(14)13(3)18(21)19-17/h7-8,13H,5-6,9-12H2,1-4H3,(H,19,21). The van der Waals surface area contributed by atoms with E-state index in [1.807, 2.05) is 13.0 Å². The van der Waals surface area contributed by atoms with Gasteiger partial charge in [-0.3, -0.25) is 4.79 Å². The number of amides is 1. The zero-order valence-corrected chi connectivity index (χ0v) is 14.2. The molecule has 1 amide bonds. The predicted molar refractivity (Wildman–Crippen MR) is 90.8 cm³/mol. The Balaban J connectivity index is 2.19. The van der Waals surface area contributed by atoms with Gasteiger partial charge in [-0.15, -0.1) is 0 Å². The molecule has 0 aromatic heterocycles. The second-order valence-electron chi connectivity index (χ2n) is 6.02. The van der Waals surface area contributed by atoms with Crippen molar-refractivity contribution in [2.75, 3.05) is 32.1 Å². The fraction of sp³-hybridized carbons (Fsp3) is 0.611. The van der Waals surface area contributed by atoms with Crippen LogP contribution in [-0.4, -0.2) is 37.6 Å². The van der Waals surface area contributed by atoms with Gasteiger partial charge in [0.25, 0.3) is 0 Å². The molecular formula is C18H28N2O2. The first-order chi connectivity index (χ1) is 10.6. The third-order valence-electron chi connectivity index (χ3n) is 4.37. The molecule has 4 heteroatoms. The number of nitrogens with zero attached hydrogens (tertiary/aromatic N) is 1. The summed E-state index contributed by atoms with van der Waals surface area (Å²) in [5.74, 6) is 0.737. The molecule has 0 spiro atoms. The first kappa shape index (κ1) is 16.8. The minimum atomic E-state index is -0.0918. The second-order valence-corrected chi connectivity index (χ2v) is 6.02. The molecule has 0 bridgehead atoms. The number of carbonyl (C=O) groups excluding carboxylic acids is 1. The van der Waals surface area contributed by atoms with Crippen LogP contribution in [0.25, 0.3) is 0 Å². The van der Waals surface area contributed by atoms with Crippen LogP contribution in [-0.2, 0) is 11.2 Å². The highest BCUT2D eigenvalue weighted by atomic mass is 16.5. The Morgan fingerprint density at radius 1 is 1.18 bits per heavy atom. The highest BCUT2D eigenvalue weighted by Crippen LogP contribution is 2.41. The summed E-state index contributed by atoms with van der Waals surface area (Å²) in [5, 5.41) is 2.97. The molecule has 0 fully saturated rings. The lowest BCUT2D eigenvalue weighted by atomic mass is 9.94. The first-order valence-corrected chi connectivity index (χ1v) is 8.35. The van der Waals surface area contributed by atoms with Crippen molar-refractivity contribution in [3.63, 3.8) is 0 Å². The first-order valence-electron chi connectivity index (χ1n) is 8.35. The van der Waals surface area contributed by atoms with Crippen LogP contribution in [0.5, 0.6) is 5.75 Å². The lowest BCUT2D eigenvalue weighted by Gasteiger charge is -2.22. The lowest BCUT2D eigenvalue weighted by Crippen LogP contribution is -2.28. The number of rotatable bonds is 8. The lowest BCUT2D eigenvalue weighted by molar-refractivity contribution is -0.116. The molecule has 1 aromatic rings. The van der Waals surface area contributed by atoms with Crippen LogP contribution in [0.2, 0.25) is 0 Å². The van der Waals surface area contributed by atoms with Crippen molar-refractivity contribution < 1.29 is 9.53 Å². The van der Waals surface area contributed by atoms with E-state index in [2.05, 4.69) is 30.1 Å². The van der Waals surface area contributed by atoms with Crippen molar-refractivity contribution in [3.05, 3.63) is 23.3 Å². The van der Waals surface area contributed by atoms with Crippen LogP contribution in [0.3, 0.4) is 0 Å². The summed E-state index contributed by atoms with van der Waals surface area (Å²) in [7, 11) is 1.65. The monoisotopic (exact) mass is 304 g/mol. The van der Waals surface area contributed by atoms with Crippen molar-refractivity contribution in [2.45, 2.75) is 46.0 Å². The number of ether oxygens (including phenoxy) is 1. The summed E-state index contributed by atoms with van der Waals surface area (Å²) < 4.78 is 5.39. The number of nitrogens with one attached hydrogen (secondary N) is 1. The Morgan fingerprint density at radius 2 is 1.86 bits per heavy atom. The number of carbonyl (C=O) groups is 1. The molecule has 4 nitrogen and oxygen atoms in total. The molecule has 1 unspecified atom stereocenters. The number of hydrogen-bond donors (Lipinski definition) is 1. The maximum absolute atomic E-state index is 12.0. The van der Waals surface area contributed by atoms with Gasteiger partial charge in [-0.25, -0.2) is 0 Å². The van der Waals surface area contributed by atoms with Gasteiger partial charge in [-0.05, 0) is 56.5 Å². The van der Waals surface area contributed by atoms with E-state index in [4.69, 9.17) is 4.74 Å². The fourth-order valence-electron chi connectivity index (χ4n) is 3.26. The van der Waals surface area contributed by atoms with Crippen molar-refractivity contribution in [2.24, 2.45) is 0 Å². The second kappa shape index (κ2) is 7.63. The molecule has 122 valence electrons. The normalized spacial score (nSPS) is 16.8. The summed E-state index contributed by atoms with van der Waals surface area (Å²) in [6, 6.07) is 4.08. The highest BCUT2D eigenvalue weighted by molar-refractivity contribution is 6.04. The Hall–Kier alpha value is -1.55. The van der Waals surface area contributed by atoms with Crippen molar-refractivity contribution in [1.82, 2.24) is 4.90 Å². The molecule has 1 atom stereocenters. The van der Waals surface area contributed by atoms with Crippen LogP contribution < -0.4 is 10.1 Å². The zero-order valence-electron chi connectivity index (χ0n) is 14.2. The molecule has 1 heterocycles. The van der Waals surface area contributed by atoms with E-state index < -0.39 is 0 Å². The number of benzene rings is 1. The summed E-state index contributed by atoms with van der Waals surface area (Å²) in [4.78, 5) is 14.5. The van der Waals surface area contributed by atoms with Crippen LogP contribution >= 0.6 is 0 Å². The Morgan fingerprint density at radius 3 is 2.45 bits per heavy atom. The third kappa shape index (κ3) is 3.43. The molecule has 1 N–H and O–H groups in total. The van der Waals surface area contributed by atoms with Crippen LogP contribution in [0, 0.1) is 0 Å². The molecule has 0 aliphatic carbocycles. The highest BCUT2D eigenvalue weighted by Gasteiger charge is 2.31. The number of fused-ring (bicyclic) bond motifs is 1. The van der Waals surface area contributed by atoms with E-state index in [9.17, 15) is 4.79 Å². The number of hydrogen-bond acceptors (Lipinski definition) is 3. The Labute approximate surface area is 133 Å². The van der Waals surface area contributed by atoms with Gasteiger partial charge in [0.1, 0.15) is 5.75 Å². The van der Waals surface area contributed by atoms with E-state index in [0.29, 0.717) is 0 Å². The van der Waals surface area contributed by atoms with Crippen LogP contribution in [0.15, 0.2) is 12.1 Å². The van der Waals surface area contributed by atoms with Crippen molar-refractivity contribution in [3.8, 4) is 5.75 Å². The molecule has 2 rings (SSSR count). The molecule has 22 heavy (non-hydrogen) atoms. The third-order valence-corrected chi connectivity index (χ3v) is 4.37. The Kier molecular flexibility index (Phi) is 5.83. The summed E-state index contributed by atoms with van der Waals surface area (Å²) in [6.07, 6.45) is 3.33. The van der Waals surface area contributed by atoms with Crippen LogP contribution in [0.1, 0.15) is 50.7 Å². The summed E-state index contributed by atoms with van der Waals surface area (Å²) >= 11 is 0. The van der Waals surface area contributed by atoms with Crippen molar-refractivity contribution in [1.29, 1.82) is 0 Å². The largest absolute Gasteiger partial charge is 0.495 e. The van der Waals surface area contributed by atoms with E-state index in [1.54, 1.807) is 7.11 Å². The van der Waals surface area contributed by atoms with Crippen molar-refractivity contribution >= 4 is 11.6 Å². The number of anilines is 1. The molecule has 0 saturated heterocycles. The van der Waals surface area contributed by atoms with E-state index in [1.165, 1.54) is 18.4 Å². The smallest absolute Gasteiger partial charge is 0.231 e. The number of methoxy groups -OCH3 is 1. The Bertz CT molecular complexity index is 522. The van der Waals surface area contributed by atoms with Gasteiger partial charge < -0.3 is 15.0 Å². The van der Waals surface area contributed by atoms with Gasteiger partial charge in [0, 0.05) is 6.54 Å². The molecule has 1 aromatic carbocycles. The SMILES string of the molecule is CCCN(CCC)CCc1ccc(OC)c2c1C(C)C(=O)N2. The van der Waals surface area contributed by atoms with E-state index in [0.717, 1.165) is 43.1 Å². The van der Waals surface area contributed by atoms with Gasteiger partial charge in [0.15, 0.2) is 0 Å². The average molecular weight is 304 g/mol. The molecule has 0 radical (unpaired) electrons. The molecular weight excluding hydrogens is 276 g/mol. The van der Waals surface area contributed by atoms with Crippen LogP contribution in [0.4, 0.5) is 5.69 Å². The summed E-state index contributed by atoms with van der Waals surface area (Å²) in [6.45, 7) is 9.73. The van der Waals surface area contributed by atoms with Gasteiger partial charge in [0.05, 0.1) is 18.7 Å². The minimum Gasteiger partial charge on any atom is -0.495 e. The maximum Gasteiger partial charge on any atom is 0.231 e. The molecule has 1 aliphatic heterocycles. The van der Waals surface area contributed by atoms with E-state index >= 15 is 0 Å². The van der Waals surface area contributed by atoms with Gasteiger partial charge in [-0.1, -0.05) is 19.9 Å². The maximum atomic E-state index is 12.0. The van der Waals surface area contributed by atoms with Gasteiger partial charge >= 0.3 is 0 Å².